The number of aryl methyl sites for hydroxylation is 1. The number of anilines is 2. The monoisotopic (exact) mass is 349 g/mol. The maximum atomic E-state index is 12.6. The second-order valence-electron chi connectivity index (χ2n) is 5.45. The molecule has 0 aliphatic heterocycles. The van der Waals surface area contributed by atoms with Crippen LogP contribution < -0.4 is 5.32 Å². The zero-order valence-electron chi connectivity index (χ0n) is 13.6. The lowest BCUT2D eigenvalue weighted by Gasteiger charge is -2.10. The van der Waals surface area contributed by atoms with Crippen molar-refractivity contribution in [2.45, 2.75) is 6.92 Å². The van der Waals surface area contributed by atoms with Gasteiger partial charge in [-0.25, -0.2) is 9.97 Å². The summed E-state index contributed by atoms with van der Waals surface area (Å²) in [6.45, 7) is 1.89. The lowest BCUT2D eigenvalue weighted by atomic mass is 10.1. The number of allylic oxidation sites excluding steroid dienone is 1. The van der Waals surface area contributed by atoms with E-state index in [0.29, 0.717) is 16.5 Å². The molecule has 0 bridgehead atoms. The van der Waals surface area contributed by atoms with Crippen LogP contribution in [0.4, 0.5) is 11.5 Å². The van der Waals surface area contributed by atoms with E-state index in [4.69, 9.17) is 11.6 Å². The first-order valence-electron chi connectivity index (χ1n) is 7.75. The highest BCUT2D eigenvalue weighted by Crippen LogP contribution is 2.20. The molecule has 124 valence electrons. The fourth-order valence-electron chi connectivity index (χ4n) is 2.26. The molecule has 0 aliphatic carbocycles. The SMILES string of the molecule is Cc1ccc(C(=O)C=Cc2ccc(Cl)nc2)c(Nc2ccccc2)n1. The minimum atomic E-state index is -0.138. The number of carbonyl (C=O) groups excluding carboxylic acids is 1. The van der Waals surface area contributed by atoms with Crippen LogP contribution in [0.25, 0.3) is 6.08 Å². The molecule has 1 N–H and O–H groups in total. The maximum Gasteiger partial charge on any atom is 0.189 e. The van der Waals surface area contributed by atoms with Gasteiger partial charge < -0.3 is 5.32 Å². The van der Waals surface area contributed by atoms with E-state index in [1.54, 1.807) is 30.5 Å². The number of nitrogens with one attached hydrogen (secondary N) is 1. The smallest absolute Gasteiger partial charge is 0.189 e. The summed E-state index contributed by atoms with van der Waals surface area (Å²) in [6, 6.07) is 16.7. The van der Waals surface area contributed by atoms with Gasteiger partial charge in [0.05, 0.1) is 5.56 Å². The van der Waals surface area contributed by atoms with E-state index < -0.39 is 0 Å². The van der Waals surface area contributed by atoms with Crippen LogP contribution in [0, 0.1) is 6.92 Å². The van der Waals surface area contributed by atoms with Crippen molar-refractivity contribution in [2.75, 3.05) is 5.32 Å². The molecule has 0 saturated carbocycles. The summed E-state index contributed by atoms with van der Waals surface area (Å²) >= 11 is 5.76. The van der Waals surface area contributed by atoms with Gasteiger partial charge >= 0.3 is 0 Å². The zero-order chi connectivity index (χ0) is 17.6. The van der Waals surface area contributed by atoms with Gasteiger partial charge in [0.1, 0.15) is 11.0 Å². The Morgan fingerprint density at radius 2 is 1.88 bits per heavy atom. The average Bonchev–Trinajstić information content (AvgIpc) is 2.62. The summed E-state index contributed by atoms with van der Waals surface area (Å²) in [6.07, 6.45) is 4.83. The number of halogens is 1. The predicted octanol–water partition coefficient (Wildman–Crippen LogP) is 5.08. The molecule has 1 aromatic carbocycles. The number of rotatable bonds is 5. The fourth-order valence-corrected chi connectivity index (χ4v) is 2.37. The standard InChI is InChI=1S/C20H16ClN3O/c1-14-7-10-17(20(23-14)24-16-5-3-2-4-6-16)18(25)11-8-15-9-12-19(21)22-13-15/h2-13H,1H3,(H,23,24). The number of aromatic nitrogens is 2. The molecule has 0 unspecified atom stereocenters. The van der Waals surface area contributed by atoms with Gasteiger partial charge in [-0.3, -0.25) is 4.79 Å². The number of benzene rings is 1. The van der Waals surface area contributed by atoms with E-state index in [1.165, 1.54) is 6.08 Å². The van der Waals surface area contributed by atoms with Gasteiger partial charge in [-0.15, -0.1) is 0 Å². The van der Waals surface area contributed by atoms with Crippen LogP contribution in [-0.2, 0) is 0 Å². The molecule has 0 radical (unpaired) electrons. The summed E-state index contributed by atoms with van der Waals surface area (Å²) < 4.78 is 0. The third kappa shape index (κ3) is 4.52. The number of carbonyl (C=O) groups is 1. The molecule has 0 saturated heterocycles. The quantitative estimate of drug-likeness (QED) is 0.396. The average molecular weight is 350 g/mol. The molecule has 3 aromatic rings. The van der Waals surface area contributed by atoms with Crippen molar-refractivity contribution in [3.63, 3.8) is 0 Å². The van der Waals surface area contributed by atoms with Crippen LogP contribution in [0.3, 0.4) is 0 Å². The molecular weight excluding hydrogens is 334 g/mol. The van der Waals surface area contributed by atoms with Crippen molar-refractivity contribution in [3.05, 3.63) is 88.8 Å². The molecule has 0 amide bonds. The number of pyridine rings is 2. The molecule has 25 heavy (non-hydrogen) atoms. The number of nitrogens with zero attached hydrogens (tertiary/aromatic N) is 2. The van der Waals surface area contributed by atoms with Gasteiger partial charge in [0.2, 0.25) is 0 Å². The first-order valence-corrected chi connectivity index (χ1v) is 8.13. The third-order valence-corrected chi connectivity index (χ3v) is 3.74. The predicted molar refractivity (Wildman–Crippen MR) is 101 cm³/mol. The Labute approximate surface area is 151 Å². The van der Waals surface area contributed by atoms with Gasteiger partial charge in [0.25, 0.3) is 0 Å². The summed E-state index contributed by atoms with van der Waals surface area (Å²) in [7, 11) is 0. The summed E-state index contributed by atoms with van der Waals surface area (Å²) in [5.41, 5.74) is 3.02. The molecule has 5 heteroatoms. The molecule has 2 aromatic heterocycles. The summed E-state index contributed by atoms with van der Waals surface area (Å²) in [5, 5.41) is 3.62. The van der Waals surface area contributed by atoms with Crippen LogP contribution in [0.5, 0.6) is 0 Å². The van der Waals surface area contributed by atoms with Gasteiger partial charge in [-0.1, -0.05) is 35.9 Å². The Morgan fingerprint density at radius 3 is 2.60 bits per heavy atom. The highest BCUT2D eigenvalue weighted by atomic mass is 35.5. The summed E-state index contributed by atoms with van der Waals surface area (Å²) in [5.74, 6) is 0.399. The topological polar surface area (TPSA) is 54.9 Å². The van der Waals surface area contributed by atoms with E-state index in [1.807, 2.05) is 43.3 Å². The van der Waals surface area contributed by atoms with Crippen LogP contribution >= 0.6 is 11.6 Å². The van der Waals surface area contributed by atoms with Gasteiger partial charge in [0.15, 0.2) is 5.78 Å². The summed E-state index contributed by atoms with van der Waals surface area (Å²) in [4.78, 5) is 21.0. The lowest BCUT2D eigenvalue weighted by molar-refractivity contribution is 0.104. The molecular formula is C20H16ClN3O. The van der Waals surface area contributed by atoms with E-state index in [2.05, 4.69) is 15.3 Å². The van der Waals surface area contributed by atoms with Crippen molar-refractivity contribution in [1.82, 2.24) is 9.97 Å². The van der Waals surface area contributed by atoms with Gasteiger partial charge in [-0.2, -0.15) is 0 Å². The third-order valence-electron chi connectivity index (χ3n) is 3.51. The van der Waals surface area contributed by atoms with Crippen molar-refractivity contribution in [2.24, 2.45) is 0 Å². The Hall–Kier alpha value is -2.98. The number of ketones is 1. The highest BCUT2D eigenvalue weighted by Gasteiger charge is 2.11. The van der Waals surface area contributed by atoms with Crippen LogP contribution in [0.1, 0.15) is 21.6 Å². The van der Waals surface area contributed by atoms with Gasteiger partial charge in [-0.05, 0) is 55.0 Å². The highest BCUT2D eigenvalue weighted by molar-refractivity contribution is 6.29. The van der Waals surface area contributed by atoms with Crippen molar-refractivity contribution in [3.8, 4) is 0 Å². The fraction of sp³-hybridized carbons (Fsp3) is 0.0500. The van der Waals surface area contributed by atoms with Crippen molar-refractivity contribution >= 4 is 35.0 Å². The molecule has 3 rings (SSSR count). The zero-order valence-corrected chi connectivity index (χ0v) is 14.4. The Kier molecular flexibility index (Phi) is 5.21. The molecule has 4 nitrogen and oxygen atoms in total. The molecule has 0 fully saturated rings. The Morgan fingerprint density at radius 1 is 1.08 bits per heavy atom. The second-order valence-corrected chi connectivity index (χ2v) is 5.84. The lowest BCUT2D eigenvalue weighted by Crippen LogP contribution is -2.04. The first-order chi connectivity index (χ1) is 12.1. The van der Waals surface area contributed by atoms with E-state index in [0.717, 1.165) is 16.9 Å². The van der Waals surface area contributed by atoms with Gasteiger partial charge in [0, 0.05) is 17.6 Å². The van der Waals surface area contributed by atoms with Crippen molar-refractivity contribution in [1.29, 1.82) is 0 Å². The van der Waals surface area contributed by atoms with Crippen LogP contribution in [0.15, 0.2) is 66.9 Å². The van der Waals surface area contributed by atoms with Crippen molar-refractivity contribution < 1.29 is 4.79 Å². The molecule has 0 atom stereocenters. The Balaban J connectivity index is 1.85. The first kappa shape index (κ1) is 16.9. The van der Waals surface area contributed by atoms with Crippen LogP contribution in [0.2, 0.25) is 5.15 Å². The molecule has 0 spiro atoms. The second kappa shape index (κ2) is 7.73. The van der Waals surface area contributed by atoms with Crippen LogP contribution in [-0.4, -0.2) is 15.8 Å². The normalized spacial score (nSPS) is 10.8. The van der Waals surface area contributed by atoms with E-state index >= 15 is 0 Å². The van der Waals surface area contributed by atoms with E-state index in [-0.39, 0.29) is 5.78 Å². The van der Waals surface area contributed by atoms with E-state index in [9.17, 15) is 4.79 Å². The minimum Gasteiger partial charge on any atom is -0.340 e. The number of para-hydroxylation sites is 1. The largest absolute Gasteiger partial charge is 0.340 e. The number of hydrogen-bond acceptors (Lipinski definition) is 4. The number of hydrogen-bond donors (Lipinski definition) is 1. The Bertz CT molecular complexity index is 906. The molecule has 0 aliphatic rings. The minimum absolute atomic E-state index is 0.138. The molecule has 2 heterocycles. The maximum absolute atomic E-state index is 12.6.